The van der Waals surface area contributed by atoms with Gasteiger partial charge in [0.15, 0.2) is 6.15 Å². The first-order valence-electron chi connectivity index (χ1n) is 12.5. The second-order valence-electron chi connectivity index (χ2n) is 8.73. The topological polar surface area (TPSA) is 55.4 Å². The molecule has 0 atom stereocenters. The van der Waals surface area contributed by atoms with Gasteiger partial charge in [0.1, 0.15) is 0 Å². The summed E-state index contributed by atoms with van der Waals surface area (Å²) >= 11 is 0. The molecule has 0 saturated heterocycles. The van der Waals surface area contributed by atoms with Crippen LogP contribution in [0.25, 0.3) is 0 Å². The Balaban J connectivity index is 2.37. The minimum atomic E-state index is -2.36. The second-order valence-corrected chi connectivity index (χ2v) is 8.73. The van der Waals surface area contributed by atoms with E-state index in [0.29, 0.717) is 50.9 Å². The van der Waals surface area contributed by atoms with Crippen LogP contribution in [0.3, 0.4) is 0 Å². The maximum absolute atomic E-state index is 5.99. The van der Waals surface area contributed by atoms with Crippen LogP contribution >= 0.6 is 0 Å². The summed E-state index contributed by atoms with van der Waals surface area (Å²) in [6.07, 6.45) is -2.36. The summed E-state index contributed by atoms with van der Waals surface area (Å²) in [5, 5.41) is 0. The lowest BCUT2D eigenvalue weighted by Crippen LogP contribution is -2.68. The van der Waals surface area contributed by atoms with E-state index in [2.05, 4.69) is 11.7 Å². The van der Waals surface area contributed by atoms with E-state index < -0.39 is 6.15 Å². The van der Waals surface area contributed by atoms with Gasteiger partial charge in [0.25, 0.3) is 0 Å². The van der Waals surface area contributed by atoms with Gasteiger partial charge in [0.2, 0.25) is 0 Å². The van der Waals surface area contributed by atoms with Crippen molar-refractivity contribution in [2.75, 3.05) is 42.7 Å². The Kier molecular flexibility index (Phi) is 8.58. The Morgan fingerprint density at radius 3 is 1.00 bits per heavy atom. The van der Waals surface area contributed by atoms with Crippen molar-refractivity contribution < 1.29 is 28.4 Å². The van der Waals surface area contributed by atoms with Gasteiger partial charge in [-0.25, -0.2) is 0 Å². The molecule has 4 aromatic carbocycles. The second kappa shape index (κ2) is 12.2. The molecule has 0 aliphatic rings. The van der Waals surface area contributed by atoms with Crippen molar-refractivity contribution in [3.63, 3.8) is 0 Å². The monoisotopic (exact) mass is 523 g/mol. The number of benzene rings is 4. The Labute approximate surface area is 230 Å². The van der Waals surface area contributed by atoms with E-state index in [-0.39, 0.29) is 0 Å². The van der Waals surface area contributed by atoms with Crippen LogP contribution in [0.15, 0.2) is 84.9 Å². The van der Waals surface area contributed by atoms with Gasteiger partial charge < -0.3 is 28.4 Å². The van der Waals surface area contributed by atoms with Gasteiger partial charge in [-0.1, -0.05) is 36.4 Å². The fraction of sp³-hybridized carbons (Fsp3) is 0.188. The van der Waals surface area contributed by atoms with E-state index in [9.17, 15) is 0 Å². The Morgan fingerprint density at radius 1 is 0.410 bits per heavy atom. The van der Waals surface area contributed by atoms with Gasteiger partial charge in [-0.3, -0.25) is 5.82 Å². The summed E-state index contributed by atoms with van der Waals surface area (Å²) < 4.78 is 35.9. The van der Waals surface area contributed by atoms with Crippen LogP contribution in [0, 0.1) is 11.7 Å². The molecule has 0 aliphatic carbocycles. The predicted molar refractivity (Wildman–Crippen MR) is 157 cm³/mol. The smallest absolute Gasteiger partial charge is 0.176 e. The molecule has 0 aliphatic heterocycles. The van der Waals surface area contributed by atoms with E-state index >= 15 is 0 Å². The first kappa shape index (κ1) is 27.3. The zero-order valence-electron chi connectivity index (χ0n) is 23.1. The van der Waals surface area contributed by atoms with Crippen molar-refractivity contribution in [3.8, 4) is 46.2 Å². The summed E-state index contributed by atoms with van der Waals surface area (Å²) in [5.74, 6) is 10.6. The van der Waals surface area contributed by atoms with E-state index in [1.54, 1.807) is 42.7 Å². The number of hydrogen-bond donors (Lipinski definition) is 0. The third-order valence-corrected chi connectivity index (χ3v) is 6.90. The highest BCUT2D eigenvalue weighted by atomic mass is 16.5. The summed E-state index contributed by atoms with van der Waals surface area (Å²) in [7, 11) is 9.77. The highest BCUT2D eigenvalue weighted by molar-refractivity contribution is 7.19. The van der Waals surface area contributed by atoms with Gasteiger partial charge in [0.05, 0.1) is 77.2 Å². The molecule has 0 saturated carbocycles. The molecule has 0 unspecified atom stereocenters. The summed E-state index contributed by atoms with van der Waals surface area (Å²) in [5.41, 5.74) is 2.95. The van der Waals surface area contributed by atoms with Crippen LogP contribution < -0.4 is 44.8 Å². The van der Waals surface area contributed by atoms with Gasteiger partial charge in [-0.15, -0.1) is 22.3 Å². The fourth-order valence-corrected chi connectivity index (χ4v) is 5.28. The fourth-order valence-electron chi connectivity index (χ4n) is 5.28. The first-order valence-corrected chi connectivity index (χ1v) is 12.5. The SMILES string of the molecule is COc1cccc(OC)c1[B-](C#Cc1ccccc1)(c1c(OC)cccc1OC)c1c(OC)cccc1OC. The van der Waals surface area contributed by atoms with E-state index in [1.165, 1.54) is 0 Å². The number of methoxy groups -OCH3 is 6. The molecular formula is C32H32BO6-. The number of rotatable bonds is 9. The van der Waals surface area contributed by atoms with Crippen LogP contribution in [0.4, 0.5) is 0 Å². The minimum Gasteiger partial charge on any atom is -0.500 e. The summed E-state index contributed by atoms with van der Waals surface area (Å²) in [6, 6.07) is 26.8. The minimum absolute atomic E-state index is 0.581. The highest BCUT2D eigenvalue weighted by Crippen LogP contribution is 2.33. The largest absolute Gasteiger partial charge is 0.500 e. The molecule has 6 nitrogen and oxygen atoms in total. The quantitative estimate of drug-likeness (QED) is 0.246. The lowest BCUT2D eigenvalue weighted by molar-refractivity contribution is 0.396. The molecule has 0 aromatic heterocycles. The van der Waals surface area contributed by atoms with Crippen LogP contribution in [-0.4, -0.2) is 48.8 Å². The molecular weight excluding hydrogens is 491 g/mol. The normalized spacial score (nSPS) is 10.6. The molecule has 0 N–H and O–H groups in total. The maximum Gasteiger partial charge on any atom is 0.176 e. The summed E-state index contributed by atoms with van der Waals surface area (Å²) in [6.45, 7) is 0. The standard InChI is InChI=1S/C32H32BO6/c1-34-24-15-10-16-25(35-2)30(24)33(22-21-23-13-8-7-9-14-23,31-26(36-3)17-11-18-27(31)37-4)32-28(38-5)19-12-20-29(32)39-6/h7-20H,1-6H3/q-1. The summed E-state index contributed by atoms with van der Waals surface area (Å²) in [4.78, 5) is 0. The van der Waals surface area contributed by atoms with Crippen LogP contribution in [0.5, 0.6) is 34.5 Å². The molecule has 4 aromatic rings. The van der Waals surface area contributed by atoms with Crippen LogP contribution in [0.2, 0.25) is 0 Å². The van der Waals surface area contributed by atoms with Gasteiger partial charge in [-0.2, -0.15) is 0 Å². The van der Waals surface area contributed by atoms with Crippen LogP contribution in [0.1, 0.15) is 5.56 Å². The first-order chi connectivity index (χ1) is 19.1. The van der Waals surface area contributed by atoms with Gasteiger partial charge >= 0.3 is 0 Å². The third kappa shape index (κ3) is 4.94. The Bertz CT molecular complexity index is 1290. The van der Waals surface area contributed by atoms with Crippen molar-refractivity contribution in [2.24, 2.45) is 0 Å². The molecule has 7 heteroatoms. The molecule has 0 radical (unpaired) electrons. The molecule has 4 rings (SSSR count). The number of hydrogen-bond acceptors (Lipinski definition) is 6. The molecule has 39 heavy (non-hydrogen) atoms. The van der Waals surface area contributed by atoms with Gasteiger partial charge in [0, 0.05) is 5.56 Å². The average molecular weight is 523 g/mol. The molecule has 0 fully saturated rings. The van der Waals surface area contributed by atoms with E-state index in [4.69, 9.17) is 28.4 Å². The molecule has 0 amide bonds. The highest BCUT2D eigenvalue weighted by Gasteiger charge is 2.41. The lowest BCUT2D eigenvalue weighted by Gasteiger charge is -2.43. The zero-order valence-corrected chi connectivity index (χ0v) is 23.1. The van der Waals surface area contributed by atoms with Crippen molar-refractivity contribution in [3.05, 3.63) is 90.5 Å². The Hall–Kier alpha value is -4.70. The van der Waals surface area contributed by atoms with Crippen molar-refractivity contribution in [1.29, 1.82) is 0 Å². The van der Waals surface area contributed by atoms with E-state index in [1.807, 2.05) is 84.9 Å². The molecule has 0 heterocycles. The Morgan fingerprint density at radius 2 is 0.718 bits per heavy atom. The van der Waals surface area contributed by atoms with Crippen molar-refractivity contribution in [1.82, 2.24) is 0 Å². The van der Waals surface area contributed by atoms with E-state index in [0.717, 1.165) is 5.56 Å². The molecule has 0 bridgehead atoms. The zero-order chi connectivity index (χ0) is 27.8. The predicted octanol–water partition coefficient (Wildman–Crippen LogP) is 3.80. The maximum atomic E-state index is 5.99. The van der Waals surface area contributed by atoms with Gasteiger partial charge in [-0.05, 0) is 48.5 Å². The van der Waals surface area contributed by atoms with Crippen molar-refractivity contribution in [2.45, 2.75) is 0 Å². The lowest BCUT2D eigenvalue weighted by atomic mass is 9.15. The van der Waals surface area contributed by atoms with Crippen molar-refractivity contribution >= 4 is 22.5 Å². The van der Waals surface area contributed by atoms with Crippen LogP contribution in [-0.2, 0) is 0 Å². The molecule has 200 valence electrons. The average Bonchev–Trinajstić information content (AvgIpc) is 3.01. The number of ether oxygens (including phenoxy) is 6. The third-order valence-electron chi connectivity index (χ3n) is 6.90. The molecule has 0 spiro atoms.